The van der Waals surface area contributed by atoms with Crippen LogP contribution in [0.5, 0.6) is 0 Å². The summed E-state index contributed by atoms with van der Waals surface area (Å²) < 4.78 is 1.31. The molecule has 0 saturated heterocycles. The van der Waals surface area contributed by atoms with Gasteiger partial charge in [-0.05, 0) is 6.92 Å². The number of aryl methyl sites for hydroxylation is 1. The lowest BCUT2D eigenvalue weighted by molar-refractivity contribution is -0.108. The fraction of sp³-hybridized carbons (Fsp3) is 0.286. The Hall–Kier alpha value is -1.45. The maximum atomic E-state index is 11.1. The van der Waals surface area contributed by atoms with Crippen LogP contribution >= 0.6 is 0 Å². The number of nitrogens with zero attached hydrogens (tertiary/aromatic N) is 2. The zero-order valence-corrected chi connectivity index (χ0v) is 6.15. The molecule has 0 fully saturated rings. The van der Waals surface area contributed by atoms with Crippen LogP contribution in [0.4, 0.5) is 0 Å². The fourth-order valence-corrected chi connectivity index (χ4v) is 0.780. The van der Waals surface area contributed by atoms with Crippen LogP contribution in [0.3, 0.4) is 0 Å². The highest BCUT2D eigenvalue weighted by Gasteiger charge is 1.96. The van der Waals surface area contributed by atoms with E-state index in [1.807, 2.05) is 0 Å². The van der Waals surface area contributed by atoms with Gasteiger partial charge in [0, 0.05) is 12.4 Å². The Balaban J connectivity index is 3.16. The van der Waals surface area contributed by atoms with E-state index < -0.39 is 0 Å². The molecular formula is C7H8N2O2. The standard InChI is InChI=1S/C7H8N2O2/c1-6-7(11)9(4-5-10)3-2-8-6/h2-3,5H,4H2,1H3. The summed E-state index contributed by atoms with van der Waals surface area (Å²) >= 11 is 0. The van der Waals surface area contributed by atoms with Crippen molar-refractivity contribution in [1.82, 2.24) is 9.55 Å². The van der Waals surface area contributed by atoms with Crippen molar-refractivity contribution in [2.75, 3.05) is 0 Å². The normalized spacial score (nSPS) is 9.55. The van der Waals surface area contributed by atoms with E-state index in [1.54, 1.807) is 6.92 Å². The summed E-state index contributed by atoms with van der Waals surface area (Å²) in [6.07, 6.45) is 3.67. The lowest BCUT2D eigenvalue weighted by atomic mass is 10.5. The molecule has 0 spiro atoms. The van der Waals surface area contributed by atoms with Crippen molar-refractivity contribution < 1.29 is 4.79 Å². The van der Waals surface area contributed by atoms with Gasteiger partial charge in [0.1, 0.15) is 12.0 Å². The molecule has 0 amide bonds. The van der Waals surface area contributed by atoms with Gasteiger partial charge in [0.15, 0.2) is 0 Å². The Morgan fingerprint density at radius 1 is 1.73 bits per heavy atom. The van der Waals surface area contributed by atoms with Gasteiger partial charge in [-0.15, -0.1) is 0 Å². The second-order valence-electron chi connectivity index (χ2n) is 2.14. The van der Waals surface area contributed by atoms with Gasteiger partial charge in [0.25, 0.3) is 5.56 Å². The number of hydrogen-bond acceptors (Lipinski definition) is 3. The summed E-state index contributed by atoms with van der Waals surface area (Å²) in [5.74, 6) is 0. The van der Waals surface area contributed by atoms with Gasteiger partial charge in [-0.2, -0.15) is 0 Å². The van der Waals surface area contributed by atoms with E-state index in [0.29, 0.717) is 12.0 Å². The zero-order valence-electron chi connectivity index (χ0n) is 6.15. The molecule has 0 aliphatic carbocycles. The highest BCUT2D eigenvalue weighted by molar-refractivity contribution is 5.49. The third kappa shape index (κ3) is 1.52. The molecule has 4 nitrogen and oxygen atoms in total. The second-order valence-corrected chi connectivity index (χ2v) is 2.14. The molecule has 1 heterocycles. The van der Waals surface area contributed by atoms with Crippen LogP contribution in [0, 0.1) is 6.92 Å². The van der Waals surface area contributed by atoms with Crippen molar-refractivity contribution in [2.24, 2.45) is 0 Å². The predicted molar refractivity (Wildman–Crippen MR) is 39.3 cm³/mol. The van der Waals surface area contributed by atoms with Gasteiger partial charge in [-0.25, -0.2) is 0 Å². The molecule has 58 valence electrons. The van der Waals surface area contributed by atoms with Crippen molar-refractivity contribution in [3.05, 3.63) is 28.4 Å². The molecule has 1 aromatic rings. The molecule has 0 aromatic carbocycles. The second kappa shape index (κ2) is 3.09. The van der Waals surface area contributed by atoms with Crippen LogP contribution in [0.15, 0.2) is 17.2 Å². The zero-order chi connectivity index (χ0) is 8.27. The summed E-state index contributed by atoms with van der Waals surface area (Å²) in [5.41, 5.74) is 0.203. The van der Waals surface area contributed by atoms with E-state index in [1.165, 1.54) is 17.0 Å². The SMILES string of the molecule is Cc1nccn(CC=O)c1=O. The van der Waals surface area contributed by atoms with Crippen molar-refractivity contribution in [1.29, 1.82) is 0 Å². The van der Waals surface area contributed by atoms with Gasteiger partial charge in [-0.3, -0.25) is 9.78 Å². The van der Waals surface area contributed by atoms with Crippen LogP contribution < -0.4 is 5.56 Å². The van der Waals surface area contributed by atoms with Crippen molar-refractivity contribution >= 4 is 6.29 Å². The molecule has 0 bridgehead atoms. The number of aromatic nitrogens is 2. The van der Waals surface area contributed by atoms with E-state index in [2.05, 4.69) is 4.98 Å². The Bertz CT molecular complexity index is 316. The number of aldehydes is 1. The maximum Gasteiger partial charge on any atom is 0.272 e. The van der Waals surface area contributed by atoms with E-state index in [0.717, 1.165) is 0 Å². The molecule has 11 heavy (non-hydrogen) atoms. The number of rotatable bonds is 2. The minimum absolute atomic E-state index is 0.0994. The molecule has 0 aliphatic heterocycles. The van der Waals surface area contributed by atoms with Crippen molar-refractivity contribution in [3.8, 4) is 0 Å². The summed E-state index contributed by atoms with van der Waals surface area (Å²) in [4.78, 5) is 24.9. The van der Waals surface area contributed by atoms with Gasteiger partial charge < -0.3 is 9.36 Å². The molecule has 0 unspecified atom stereocenters. The van der Waals surface area contributed by atoms with E-state index in [9.17, 15) is 9.59 Å². The Kier molecular flexibility index (Phi) is 2.15. The first-order valence-corrected chi connectivity index (χ1v) is 3.21. The molecule has 0 aliphatic rings. The third-order valence-corrected chi connectivity index (χ3v) is 1.36. The van der Waals surface area contributed by atoms with E-state index in [4.69, 9.17) is 0 Å². The molecule has 0 saturated carbocycles. The number of carbonyl (C=O) groups is 1. The summed E-state index contributed by atoms with van der Waals surface area (Å²) in [5, 5.41) is 0. The molecule has 1 rings (SSSR count). The molecule has 4 heteroatoms. The fourth-order valence-electron chi connectivity index (χ4n) is 0.780. The van der Waals surface area contributed by atoms with Crippen molar-refractivity contribution in [2.45, 2.75) is 13.5 Å². The predicted octanol–water partition coefficient (Wildman–Crippen LogP) is -0.249. The van der Waals surface area contributed by atoms with Gasteiger partial charge in [0.2, 0.25) is 0 Å². The maximum absolute atomic E-state index is 11.1. The molecule has 1 aromatic heterocycles. The molecule has 0 atom stereocenters. The van der Waals surface area contributed by atoms with Crippen LogP contribution in [-0.4, -0.2) is 15.8 Å². The first-order valence-electron chi connectivity index (χ1n) is 3.21. The third-order valence-electron chi connectivity index (χ3n) is 1.36. The minimum atomic E-state index is -0.209. The largest absolute Gasteiger partial charge is 0.305 e. The first-order chi connectivity index (χ1) is 5.25. The number of carbonyl (C=O) groups excluding carboxylic acids is 1. The summed E-state index contributed by atoms with van der Waals surface area (Å²) in [6.45, 7) is 1.71. The van der Waals surface area contributed by atoms with Gasteiger partial charge >= 0.3 is 0 Å². The molecular weight excluding hydrogens is 144 g/mol. The average molecular weight is 152 g/mol. The van der Waals surface area contributed by atoms with Crippen LogP contribution in [0.25, 0.3) is 0 Å². The smallest absolute Gasteiger partial charge is 0.272 e. The summed E-state index contributed by atoms with van der Waals surface area (Å²) in [7, 11) is 0. The lowest BCUT2D eigenvalue weighted by Crippen LogP contribution is -2.22. The molecule has 0 N–H and O–H groups in total. The number of hydrogen-bond donors (Lipinski definition) is 0. The Labute approximate surface area is 63.5 Å². The minimum Gasteiger partial charge on any atom is -0.305 e. The highest BCUT2D eigenvalue weighted by Crippen LogP contribution is 1.81. The van der Waals surface area contributed by atoms with Crippen LogP contribution in [-0.2, 0) is 11.3 Å². The summed E-state index contributed by atoms with van der Waals surface area (Å²) in [6, 6.07) is 0. The molecule has 0 radical (unpaired) electrons. The highest BCUT2D eigenvalue weighted by atomic mass is 16.1. The quantitative estimate of drug-likeness (QED) is 0.549. The topological polar surface area (TPSA) is 52.0 Å². The van der Waals surface area contributed by atoms with E-state index in [-0.39, 0.29) is 12.1 Å². The van der Waals surface area contributed by atoms with Gasteiger partial charge in [-0.1, -0.05) is 0 Å². The monoisotopic (exact) mass is 152 g/mol. The van der Waals surface area contributed by atoms with Gasteiger partial charge in [0.05, 0.1) is 6.54 Å². The first kappa shape index (κ1) is 7.65. The van der Waals surface area contributed by atoms with Crippen molar-refractivity contribution in [3.63, 3.8) is 0 Å². The Morgan fingerprint density at radius 2 is 2.45 bits per heavy atom. The van der Waals surface area contributed by atoms with E-state index >= 15 is 0 Å². The van der Waals surface area contributed by atoms with Crippen LogP contribution in [0.2, 0.25) is 0 Å². The van der Waals surface area contributed by atoms with Crippen LogP contribution in [0.1, 0.15) is 5.69 Å². The lowest BCUT2D eigenvalue weighted by Gasteiger charge is -1.98. The Morgan fingerprint density at radius 3 is 3.09 bits per heavy atom. The average Bonchev–Trinajstić information content (AvgIpc) is 1.99.